The summed E-state index contributed by atoms with van der Waals surface area (Å²) in [6, 6.07) is 2.13. The summed E-state index contributed by atoms with van der Waals surface area (Å²) in [4.78, 5) is 11.6. The molecule has 0 bridgehead atoms. The summed E-state index contributed by atoms with van der Waals surface area (Å²) in [6.45, 7) is 2.37. The Labute approximate surface area is 119 Å². The number of benzene rings is 1. The average Bonchev–Trinajstić information content (AvgIpc) is 2.34. The monoisotopic (exact) mass is 314 g/mol. The number of carbonyl (C=O) groups is 1. The second kappa shape index (κ2) is 7.44. The third-order valence-electron chi connectivity index (χ3n) is 2.55. The van der Waals surface area contributed by atoms with Crippen LogP contribution < -0.4 is 11.1 Å². The van der Waals surface area contributed by atoms with Crippen molar-refractivity contribution in [1.29, 1.82) is 0 Å². The number of hydrogen-bond donors (Lipinski definition) is 2. The Morgan fingerprint density at radius 3 is 2.50 bits per heavy atom. The van der Waals surface area contributed by atoms with Crippen LogP contribution in [0.5, 0.6) is 0 Å². The van der Waals surface area contributed by atoms with E-state index >= 15 is 0 Å². The molecule has 0 fully saturated rings. The lowest BCUT2D eigenvalue weighted by molar-refractivity contribution is -0.140. The highest BCUT2D eigenvalue weighted by Crippen LogP contribution is 2.31. The van der Waals surface area contributed by atoms with Gasteiger partial charge in [0.05, 0.1) is 5.56 Å². The maximum atomic E-state index is 13.0. The third kappa shape index (κ3) is 4.97. The van der Waals surface area contributed by atoms with Crippen LogP contribution >= 0.6 is 12.4 Å². The molecule has 0 aliphatic rings. The molecule has 1 rings (SSSR count). The zero-order valence-electron chi connectivity index (χ0n) is 10.6. The van der Waals surface area contributed by atoms with Crippen molar-refractivity contribution in [3.05, 3.63) is 35.1 Å². The summed E-state index contributed by atoms with van der Waals surface area (Å²) in [5.74, 6) is -2.09. The van der Waals surface area contributed by atoms with Gasteiger partial charge in [-0.05, 0) is 30.7 Å². The van der Waals surface area contributed by atoms with Crippen molar-refractivity contribution in [1.82, 2.24) is 5.32 Å². The van der Waals surface area contributed by atoms with Gasteiger partial charge in [0.1, 0.15) is 5.82 Å². The zero-order chi connectivity index (χ0) is 14.6. The van der Waals surface area contributed by atoms with Crippen LogP contribution in [0.1, 0.15) is 22.8 Å². The fraction of sp³-hybridized carbons (Fsp3) is 0.417. The van der Waals surface area contributed by atoms with E-state index in [1.807, 2.05) is 0 Å². The van der Waals surface area contributed by atoms with Crippen molar-refractivity contribution in [3.63, 3.8) is 0 Å². The fourth-order valence-electron chi connectivity index (χ4n) is 1.34. The minimum absolute atomic E-state index is 0. The Morgan fingerprint density at radius 1 is 1.40 bits per heavy atom. The second-order valence-electron chi connectivity index (χ2n) is 4.24. The molecule has 0 aliphatic heterocycles. The zero-order valence-corrected chi connectivity index (χ0v) is 11.4. The van der Waals surface area contributed by atoms with Crippen LogP contribution in [0.2, 0.25) is 0 Å². The first-order valence-corrected chi connectivity index (χ1v) is 5.60. The minimum Gasteiger partial charge on any atom is -0.352 e. The SMILES string of the molecule is CC(CN)CNC(=O)c1ccc(F)c(C(F)(F)F)c1.Cl. The Bertz CT molecular complexity index is 465. The summed E-state index contributed by atoms with van der Waals surface area (Å²) >= 11 is 0. The molecule has 0 aromatic heterocycles. The van der Waals surface area contributed by atoms with Crippen molar-refractivity contribution >= 4 is 18.3 Å². The Kier molecular flexibility index (Phi) is 6.95. The summed E-state index contributed by atoms with van der Waals surface area (Å²) in [6.07, 6.45) is -4.83. The van der Waals surface area contributed by atoms with E-state index in [-0.39, 0.29) is 30.4 Å². The maximum Gasteiger partial charge on any atom is 0.419 e. The summed E-state index contributed by atoms with van der Waals surface area (Å²) in [7, 11) is 0. The van der Waals surface area contributed by atoms with Gasteiger partial charge in [0.2, 0.25) is 0 Å². The third-order valence-corrected chi connectivity index (χ3v) is 2.55. The molecule has 0 saturated carbocycles. The predicted molar refractivity (Wildman–Crippen MR) is 69.2 cm³/mol. The van der Waals surface area contributed by atoms with Gasteiger partial charge in [-0.15, -0.1) is 12.4 Å². The van der Waals surface area contributed by atoms with Crippen LogP contribution in [-0.2, 0) is 6.18 Å². The van der Waals surface area contributed by atoms with Crippen LogP contribution in [-0.4, -0.2) is 19.0 Å². The predicted octanol–water partition coefficient (Wildman–Crippen LogP) is 2.59. The van der Waals surface area contributed by atoms with Gasteiger partial charge in [-0.2, -0.15) is 13.2 Å². The van der Waals surface area contributed by atoms with Gasteiger partial charge in [-0.25, -0.2) is 4.39 Å². The van der Waals surface area contributed by atoms with Crippen LogP contribution in [0.25, 0.3) is 0 Å². The van der Waals surface area contributed by atoms with Crippen molar-refractivity contribution in [2.24, 2.45) is 11.7 Å². The smallest absolute Gasteiger partial charge is 0.352 e. The van der Waals surface area contributed by atoms with Gasteiger partial charge in [0.25, 0.3) is 5.91 Å². The first-order chi connectivity index (χ1) is 8.75. The van der Waals surface area contributed by atoms with E-state index in [9.17, 15) is 22.4 Å². The topological polar surface area (TPSA) is 55.1 Å². The lowest BCUT2D eigenvalue weighted by atomic mass is 10.1. The van der Waals surface area contributed by atoms with Crippen molar-refractivity contribution < 1.29 is 22.4 Å². The van der Waals surface area contributed by atoms with E-state index in [0.29, 0.717) is 18.7 Å². The minimum atomic E-state index is -4.83. The molecule has 1 unspecified atom stereocenters. The van der Waals surface area contributed by atoms with Gasteiger partial charge in [-0.3, -0.25) is 4.79 Å². The quantitative estimate of drug-likeness (QED) is 0.839. The summed E-state index contributed by atoms with van der Waals surface area (Å²) in [5, 5.41) is 2.44. The molecule has 1 atom stereocenters. The molecule has 20 heavy (non-hydrogen) atoms. The standard InChI is InChI=1S/C12H14F4N2O.ClH/c1-7(5-17)6-18-11(19)8-2-3-10(13)9(4-8)12(14,15)16;/h2-4,7H,5-6,17H2,1H3,(H,18,19);1H. The molecule has 3 N–H and O–H groups in total. The van der Waals surface area contributed by atoms with Gasteiger partial charge >= 0.3 is 6.18 Å². The van der Waals surface area contributed by atoms with E-state index in [1.165, 1.54) is 0 Å². The number of alkyl halides is 3. The molecule has 114 valence electrons. The normalized spacial score (nSPS) is 12.5. The molecule has 1 amide bonds. The van der Waals surface area contributed by atoms with E-state index in [1.54, 1.807) is 6.92 Å². The highest BCUT2D eigenvalue weighted by Gasteiger charge is 2.34. The maximum absolute atomic E-state index is 13.0. The molecule has 0 spiro atoms. The van der Waals surface area contributed by atoms with Crippen LogP contribution in [0.3, 0.4) is 0 Å². The Morgan fingerprint density at radius 2 is 2.00 bits per heavy atom. The Hall–Kier alpha value is -1.34. The van der Waals surface area contributed by atoms with Gasteiger partial charge in [0, 0.05) is 12.1 Å². The number of rotatable bonds is 4. The molecule has 8 heteroatoms. The van der Waals surface area contributed by atoms with Crippen molar-refractivity contribution in [2.75, 3.05) is 13.1 Å². The number of halogens is 5. The fourth-order valence-corrected chi connectivity index (χ4v) is 1.34. The number of amides is 1. The largest absolute Gasteiger partial charge is 0.419 e. The lowest BCUT2D eigenvalue weighted by Crippen LogP contribution is -2.31. The highest BCUT2D eigenvalue weighted by molar-refractivity contribution is 5.94. The summed E-state index contributed by atoms with van der Waals surface area (Å²) in [5.41, 5.74) is 3.66. The van der Waals surface area contributed by atoms with Gasteiger partial charge in [0.15, 0.2) is 0 Å². The first-order valence-electron chi connectivity index (χ1n) is 5.60. The Balaban J connectivity index is 0.00000361. The van der Waals surface area contributed by atoms with E-state index in [0.717, 1.165) is 6.07 Å². The first kappa shape index (κ1) is 18.7. The number of nitrogens with two attached hydrogens (primary N) is 1. The van der Waals surface area contributed by atoms with E-state index < -0.39 is 23.5 Å². The molecule has 0 aliphatic carbocycles. The van der Waals surface area contributed by atoms with Gasteiger partial charge < -0.3 is 11.1 Å². The summed E-state index contributed by atoms with van der Waals surface area (Å²) < 4.78 is 50.4. The molecule has 1 aromatic rings. The average molecular weight is 315 g/mol. The van der Waals surface area contributed by atoms with E-state index in [2.05, 4.69) is 5.32 Å². The van der Waals surface area contributed by atoms with Crippen LogP contribution in [0.15, 0.2) is 18.2 Å². The molecular formula is C12H15ClF4N2O. The van der Waals surface area contributed by atoms with Crippen molar-refractivity contribution in [3.8, 4) is 0 Å². The number of carbonyl (C=O) groups excluding carboxylic acids is 1. The molecule has 0 radical (unpaired) electrons. The molecule has 0 heterocycles. The molecule has 0 saturated heterocycles. The van der Waals surface area contributed by atoms with Gasteiger partial charge in [-0.1, -0.05) is 6.92 Å². The number of hydrogen-bond acceptors (Lipinski definition) is 2. The van der Waals surface area contributed by atoms with Crippen LogP contribution in [0.4, 0.5) is 17.6 Å². The van der Waals surface area contributed by atoms with Crippen LogP contribution in [0, 0.1) is 11.7 Å². The second-order valence-corrected chi connectivity index (χ2v) is 4.24. The van der Waals surface area contributed by atoms with E-state index in [4.69, 9.17) is 5.73 Å². The molecule has 1 aromatic carbocycles. The molecule has 3 nitrogen and oxygen atoms in total. The highest BCUT2D eigenvalue weighted by atomic mass is 35.5. The number of nitrogens with one attached hydrogen (secondary N) is 1. The molecular weight excluding hydrogens is 300 g/mol. The lowest BCUT2D eigenvalue weighted by Gasteiger charge is -2.12. The van der Waals surface area contributed by atoms with Crippen molar-refractivity contribution in [2.45, 2.75) is 13.1 Å².